The molecule has 0 aromatic heterocycles. The Balaban J connectivity index is 1.77. The van der Waals surface area contributed by atoms with Gasteiger partial charge in [0.05, 0.1) is 6.10 Å². The second-order valence-electron chi connectivity index (χ2n) is 13.6. The normalized spacial score (nSPS) is 28.9. The van der Waals surface area contributed by atoms with Gasteiger partial charge >= 0.3 is 0 Å². The molecule has 0 amide bonds. The van der Waals surface area contributed by atoms with Crippen LogP contribution in [0.4, 0.5) is 0 Å². The Morgan fingerprint density at radius 2 is 1.68 bits per heavy atom. The second kappa shape index (κ2) is 11.0. The first-order chi connectivity index (χ1) is 17.4. The smallest absolute Gasteiger partial charge is 0.192 e. The Morgan fingerprint density at radius 1 is 1.00 bits per heavy atom. The van der Waals surface area contributed by atoms with Gasteiger partial charge in [0.1, 0.15) is 0 Å². The number of fused-ring (bicyclic) bond motifs is 3. The van der Waals surface area contributed by atoms with Crippen molar-refractivity contribution in [2.24, 2.45) is 17.3 Å². The molecule has 2 aliphatic carbocycles. The summed E-state index contributed by atoms with van der Waals surface area (Å²) >= 11 is 0. The van der Waals surface area contributed by atoms with Gasteiger partial charge in [0, 0.05) is 19.8 Å². The lowest BCUT2D eigenvalue weighted by Crippen LogP contribution is -2.57. The topological polar surface area (TPSA) is 38.7 Å². The Hall–Kier alpha value is -1.46. The van der Waals surface area contributed by atoms with E-state index in [1.165, 1.54) is 24.0 Å². The van der Waals surface area contributed by atoms with E-state index in [0.717, 1.165) is 19.4 Å². The van der Waals surface area contributed by atoms with Crippen LogP contribution in [0.2, 0.25) is 18.1 Å². The molecule has 2 aliphatic rings. The van der Waals surface area contributed by atoms with E-state index in [-0.39, 0.29) is 28.6 Å². The van der Waals surface area contributed by atoms with E-state index in [1.54, 1.807) is 5.56 Å². The first-order valence-corrected chi connectivity index (χ1v) is 17.3. The molecule has 2 unspecified atom stereocenters. The summed E-state index contributed by atoms with van der Waals surface area (Å²) in [7, 11) is -1.94. The Bertz CT molecular complexity index is 1030. The van der Waals surface area contributed by atoms with Crippen molar-refractivity contribution in [2.45, 2.75) is 96.4 Å². The van der Waals surface area contributed by atoms with Crippen LogP contribution in [-0.4, -0.2) is 33.2 Å². The Labute approximate surface area is 227 Å². The molecule has 1 saturated carbocycles. The van der Waals surface area contributed by atoms with Crippen molar-refractivity contribution in [2.75, 3.05) is 19.8 Å². The lowest BCUT2D eigenvalue weighted by Gasteiger charge is -2.60. The predicted octanol–water partition coefficient (Wildman–Crippen LogP) is 8.09. The van der Waals surface area contributed by atoms with E-state index in [1.807, 2.05) is 0 Å². The zero-order valence-corrected chi connectivity index (χ0v) is 25.3. The van der Waals surface area contributed by atoms with E-state index in [0.29, 0.717) is 24.9 Å². The van der Waals surface area contributed by atoms with Crippen LogP contribution in [0.5, 0.6) is 0 Å². The zero-order valence-electron chi connectivity index (χ0n) is 24.3. The summed E-state index contributed by atoms with van der Waals surface area (Å²) in [4.78, 5) is 0. The van der Waals surface area contributed by atoms with Gasteiger partial charge in [-0.05, 0) is 89.6 Å². The number of ether oxygens (including phenoxy) is 1. The number of hydrogen-bond acceptors (Lipinski definition) is 3. The van der Waals surface area contributed by atoms with Crippen molar-refractivity contribution < 1.29 is 14.3 Å². The van der Waals surface area contributed by atoms with Crippen LogP contribution in [0, 0.1) is 17.3 Å². The van der Waals surface area contributed by atoms with Gasteiger partial charge in [-0.15, -0.1) is 0 Å². The van der Waals surface area contributed by atoms with Crippen molar-refractivity contribution in [3.8, 4) is 0 Å². The standard InChI is InChI=1S/C33H50O3Si/c1-31(2,3)37(6,7)36-24-33(5)28(30(35-23-13-22-34)26-15-9-8-10-16-26)20-21-32(4)27-17-12-11-14-25(27)18-19-29(32)33/h8-12,14-17,28-30,34H,13,18-24H2,1-7H3/t28-,29-,30?,32-,33?/m1/s1. The molecule has 4 heteroatoms. The van der Waals surface area contributed by atoms with Crippen LogP contribution in [0.15, 0.2) is 54.6 Å². The molecule has 0 bridgehead atoms. The molecule has 0 radical (unpaired) electrons. The van der Waals surface area contributed by atoms with Gasteiger partial charge in [0.2, 0.25) is 0 Å². The largest absolute Gasteiger partial charge is 0.416 e. The van der Waals surface area contributed by atoms with Crippen molar-refractivity contribution in [3.63, 3.8) is 0 Å². The number of rotatable bonds is 9. The lowest BCUT2D eigenvalue weighted by molar-refractivity contribution is -0.125. The fraction of sp³-hybridized carbons (Fsp3) is 0.636. The molecule has 0 saturated heterocycles. The van der Waals surface area contributed by atoms with Crippen molar-refractivity contribution in [3.05, 3.63) is 71.3 Å². The summed E-state index contributed by atoms with van der Waals surface area (Å²) < 4.78 is 13.8. The SMILES string of the molecule is CC1(CO[Si](C)(C)C(C)(C)C)[C@@H](C(OCCCO)c2ccccc2)CC[C@]2(C)c3ccccc3CC[C@@H]12. The average molecular weight is 523 g/mol. The van der Waals surface area contributed by atoms with Crippen LogP contribution >= 0.6 is 0 Å². The number of aryl methyl sites for hydroxylation is 1. The van der Waals surface area contributed by atoms with Crippen molar-refractivity contribution >= 4 is 8.32 Å². The zero-order chi connectivity index (χ0) is 26.9. The molecule has 4 rings (SSSR count). The maximum Gasteiger partial charge on any atom is 0.192 e. The van der Waals surface area contributed by atoms with Gasteiger partial charge in [-0.25, -0.2) is 0 Å². The van der Waals surface area contributed by atoms with Crippen LogP contribution in [0.25, 0.3) is 0 Å². The summed E-state index contributed by atoms with van der Waals surface area (Å²) in [6.45, 7) is 18.4. The maximum atomic E-state index is 9.50. The quantitative estimate of drug-likeness (QED) is 0.267. The maximum absolute atomic E-state index is 9.50. The fourth-order valence-electron chi connectivity index (χ4n) is 7.13. The molecular formula is C33H50O3Si. The molecule has 204 valence electrons. The van der Waals surface area contributed by atoms with Crippen LogP contribution < -0.4 is 0 Å². The highest BCUT2D eigenvalue weighted by atomic mass is 28.4. The van der Waals surface area contributed by atoms with Gasteiger partial charge in [-0.2, -0.15) is 0 Å². The highest BCUT2D eigenvalue weighted by Gasteiger charge is 2.58. The molecular weight excluding hydrogens is 472 g/mol. The minimum absolute atomic E-state index is 0.00230. The highest BCUT2D eigenvalue weighted by molar-refractivity contribution is 6.74. The van der Waals surface area contributed by atoms with Gasteiger partial charge in [0.25, 0.3) is 0 Å². The minimum atomic E-state index is -1.94. The Morgan fingerprint density at radius 3 is 2.35 bits per heavy atom. The van der Waals surface area contributed by atoms with Gasteiger partial charge in [0.15, 0.2) is 8.32 Å². The third-order valence-corrected chi connectivity index (χ3v) is 14.8. The fourth-order valence-corrected chi connectivity index (χ4v) is 8.24. The van der Waals surface area contributed by atoms with Crippen molar-refractivity contribution in [1.82, 2.24) is 0 Å². The molecule has 0 aliphatic heterocycles. The molecule has 0 spiro atoms. The van der Waals surface area contributed by atoms with E-state index >= 15 is 0 Å². The summed E-state index contributed by atoms with van der Waals surface area (Å²) in [6, 6.07) is 20.0. The third kappa shape index (κ3) is 5.50. The number of aliphatic hydroxyl groups is 1. The summed E-state index contributed by atoms with van der Waals surface area (Å²) in [5.74, 6) is 0.868. The van der Waals surface area contributed by atoms with E-state index in [9.17, 15) is 5.11 Å². The highest BCUT2D eigenvalue weighted by Crippen LogP contribution is 2.62. The number of hydrogen-bond donors (Lipinski definition) is 1. The van der Waals surface area contributed by atoms with Gasteiger partial charge in [-0.3, -0.25) is 0 Å². The molecule has 37 heavy (non-hydrogen) atoms. The predicted molar refractivity (Wildman–Crippen MR) is 156 cm³/mol. The molecule has 1 fully saturated rings. The van der Waals surface area contributed by atoms with Gasteiger partial charge in [-0.1, -0.05) is 89.2 Å². The summed E-state index contributed by atoms with van der Waals surface area (Å²) in [6.07, 6.45) is 5.28. The lowest BCUT2D eigenvalue weighted by atomic mass is 9.46. The van der Waals surface area contributed by atoms with E-state index < -0.39 is 8.32 Å². The Kier molecular flexibility index (Phi) is 8.45. The average Bonchev–Trinajstić information content (AvgIpc) is 2.86. The second-order valence-corrected chi connectivity index (χ2v) is 18.5. The van der Waals surface area contributed by atoms with E-state index in [2.05, 4.69) is 102 Å². The summed E-state index contributed by atoms with van der Waals surface area (Å²) in [5, 5.41) is 9.67. The summed E-state index contributed by atoms with van der Waals surface area (Å²) in [5.41, 5.74) is 4.45. The van der Waals surface area contributed by atoms with E-state index in [4.69, 9.17) is 9.16 Å². The molecule has 5 atom stereocenters. The van der Waals surface area contributed by atoms with Crippen LogP contribution in [0.3, 0.4) is 0 Å². The minimum Gasteiger partial charge on any atom is -0.416 e. The van der Waals surface area contributed by atoms with Crippen molar-refractivity contribution in [1.29, 1.82) is 0 Å². The molecule has 2 aromatic rings. The molecule has 2 aromatic carbocycles. The first kappa shape index (κ1) is 28.5. The number of aliphatic hydroxyl groups excluding tert-OH is 1. The first-order valence-electron chi connectivity index (χ1n) is 14.4. The van der Waals surface area contributed by atoms with Crippen LogP contribution in [-0.2, 0) is 21.0 Å². The third-order valence-electron chi connectivity index (χ3n) is 10.4. The van der Waals surface area contributed by atoms with Crippen LogP contribution in [0.1, 0.15) is 83.1 Å². The molecule has 1 N–H and O–H groups in total. The number of benzene rings is 2. The monoisotopic (exact) mass is 522 g/mol. The molecule has 3 nitrogen and oxygen atoms in total. The van der Waals surface area contributed by atoms with Gasteiger partial charge < -0.3 is 14.3 Å². The molecule has 0 heterocycles.